The fourth-order valence-corrected chi connectivity index (χ4v) is 0.433. The molecule has 0 aromatic rings. The van der Waals surface area contributed by atoms with Crippen molar-refractivity contribution in [1.29, 1.82) is 0 Å². The van der Waals surface area contributed by atoms with Gasteiger partial charge >= 0.3 is 21.1 Å². The number of hydrogen-bond acceptors (Lipinski definition) is 0. The van der Waals surface area contributed by atoms with Crippen molar-refractivity contribution in [1.82, 2.24) is 0 Å². The second-order valence-electron chi connectivity index (χ2n) is 3.35. The molecular formula is C8H16W2. The average Bonchev–Trinajstić information content (AvgIpc) is 1.62. The summed E-state index contributed by atoms with van der Waals surface area (Å²) in [6.07, 6.45) is 0.934. The van der Waals surface area contributed by atoms with Crippen molar-refractivity contribution < 1.29 is 42.1 Å². The fraction of sp³-hybridized carbons (Fsp3) is 0.750. The summed E-state index contributed by atoms with van der Waals surface area (Å²) in [6.45, 7) is 14.3. The average molecular weight is 480 g/mol. The molecule has 0 aromatic carbocycles. The van der Waals surface area contributed by atoms with E-state index in [-0.39, 0.29) is 42.1 Å². The van der Waals surface area contributed by atoms with Crippen LogP contribution < -0.4 is 0 Å². The first-order valence-electron chi connectivity index (χ1n) is 3.11. The van der Waals surface area contributed by atoms with Crippen LogP contribution in [0.5, 0.6) is 0 Å². The molecule has 0 N–H and O–H groups in total. The standard InChI is InChI=1S/C8H16.2W/c1-6-7(2)8(3,4)5;;/h7H,1-2,6H2,3-5H3;;/q-2;;+2. The van der Waals surface area contributed by atoms with E-state index in [9.17, 15) is 0 Å². The van der Waals surface area contributed by atoms with Gasteiger partial charge in [-0.1, -0.05) is 26.2 Å². The van der Waals surface area contributed by atoms with Gasteiger partial charge in [-0.3, -0.25) is 0 Å². The first kappa shape index (κ1) is 17.5. The normalized spacial score (nSPS) is 12.9. The molecule has 0 saturated heterocycles. The molecule has 60 valence electrons. The maximum atomic E-state index is 3.97. The van der Waals surface area contributed by atoms with E-state index >= 15 is 0 Å². The largest absolute Gasteiger partial charge is 2.00 e. The molecule has 0 fully saturated rings. The molecule has 0 saturated carbocycles. The Bertz CT molecular complexity index is 64.1. The van der Waals surface area contributed by atoms with Gasteiger partial charge in [-0.05, 0) is 0 Å². The molecule has 0 amide bonds. The summed E-state index contributed by atoms with van der Waals surface area (Å²) in [5, 5.41) is 0. The van der Waals surface area contributed by atoms with Gasteiger partial charge in [-0.15, -0.1) is 0 Å². The first-order valence-corrected chi connectivity index (χ1v) is 3.11. The Labute approximate surface area is 94.1 Å². The van der Waals surface area contributed by atoms with Crippen LogP contribution in [0.3, 0.4) is 0 Å². The second-order valence-corrected chi connectivity index (χ2v) is 3.35. The van der Waals surface area contributed by atoms with E-state index < -0.39 is 0 Å². The van der Waals surface area contributed by atoms with Gasteiger partial charge in [0.25, 0.3) is 0 Å². The molecule has 0 aliphatic rings. The van der Waals surface area contributed by atoms with Gasteiger partial charge in [0.1, 0.15) is 0 Å². The molecule has 0 nitrogen and oxygen atoms in total. The van der Waals surface area contributed by atoms with Crippen molar-refractivity contribution >= 4 is 0 Å². The molecule has 10 heavy (non-hydrogen) atoms. The fourth-order valence-electron chi connectivity index (χ4n) is 0.433. The Hall–Kier alpha value is 1.38. The summed E-state index contributed by atoms with van der Waals surface area (Å²) in [5.41, 5.74) is 0.335. The molecular weight excluding hydrogens is 464 g/mol. The van der Waals surface area contributed by atoms with Crippen molar-refractivity contribution in [2.45, 2.75) is 27.2 Å². The van der Waals surface area contributed by atoms with Crippen LogP contribution in [0.2, 0.25) is 0 Å². The molecule has 1 unspecified atom stereocenters. The predicted octanol–water partition coefficient (Wildman–Crippen LogP) is 2.70. The topological polar surface area (TPSA) is 0 Å². The van der Waals surface area contributed by atoms with Crippen LogP contribution in [-0.4, -0.2) is 0 Å². The van der Waals surface area contributed by atoms with Crippen molar-refractivity contribution in [3.63, 3.8) is 0 Å². The van der Waals surface area contributed by atoms with E-state index in [4.69, 9.17) is 0 Å². The zero-order valence-corrected chi connectivity index (χ0v) is 12.9. The maximum absolute atomic E-state index is 3.97. The van der Waals surface area contributed by atoms with E-state index in [1.807, 2.05) is 0 Å². The second kappa shape index (κ2) is 7.05. The van der Waals surface area contributed by atoms with E-state index in [1.165, 1.54) is 0 Å². The van der Waals surface area contributed by atoms with Gasteiger partial charge < -0.3 is 13.8 Å². The van der Waals surface area contributed by atoms with Gasteiger partial charge in [0.15, 0.2) is 0 Å². The summed E-state index contributed by atoms with van der Waals surface area (Å²) in [7, 11) is 0. The molecule has 0 heterocycles. The Balaban J connectivity index is -0.000000245. The SMILES string of the molecule is [CH2-]CC([CH2-])C(C)(C)C.[W+2].[W]. The van der Waals surface area contributed by atoms with Crippen LogP contribution in [0.4, 0.5) is 0 Å². The van der Waals surface area contributed by atoms with E-state index in [2.05, 4.69) is 34.6 Å². The summed E-state index contributed by atoms with van der Waals surface area (Å²) in [5.74, 6) is 0.488. The van der Waals surface area contributed by atoms with Crippen molar-refractivity contribution in [3.8, 4) is 0 Å². The van der Waals surface area contributed by atoms with Gasteiger partial charge in [-0.2, -0.15) is 5.92 Å². The molecule has 0 aromatic heterocycles. The Kier molecular flexibility index (Phi) is 12.3. The first-order chi connectivity index (χ1) is 3.48. The van der Waals surface area contributed by atoms with Gasteiger partial charge in [0, 0.05) is 21.1 Å². The molecule has 1 atom stereocenters. The van der Waals surface area contributed by atoms with Crippen LogP contribution in [0.25, 0.3) is 0 Å². The van der Waals surface area contributed by atoms with Gasteiger partial charge in [0.2, 0.25) is 0 Å². The van der Waals surface area contributed by atoms with Crippen molar-refractivity contribution in [2.75, 3.05) is 0 Å². The zero-order chi connectivity index (χ0) is 6.78. The summed E-state index contributed by atoms with van der Waals surface area (Å²) < 4.78 is 0. The third kappa shape index (κ3) is 7.48. The monoisotopic (exact) mass is 480 g/mol. The third-order valence-electron chi connectivity index (χ3n) is 1.57. The quantitative estimate of drug-likeness (QED) is 0.507. The van der Waals surface area contributed by atoms with Crippen LogP contribution in [0.1, 0.15) is 27.2 Å². The molecule has 0 radical (unpaired) electrons. The van der Waals surface area contributed by atoms with E-state index in [1.54, 1.807) is 0 Å². The Morgan fingerprint density at radius 1 is 1.30 bits per heavy atom. The third-order valence-corrected chi connectivity index (χ3v) is 1.57. The summed E-state index contributed by atoms with van der Waals surface area (Å²) in [4.78, 5) is 0. The molecule has 0 rings (SSSR count). The summed E-state index contributed by atoms with van der Waals surface area (Å²) in [6, 6.07) is 0. The van der Waals surface area contributed by atoms with E-state index in [0.29, 0.717) is 11.3 Å². The van der Waals surface area contributed by atoms with Gasteiger partial charge in [0.05, 0.1) is 0 Å². The van der Waals surface area contributed by atoms with Crippen molar-refractivity contribution in [3.05, 3.63) is 13.8 Å². The van der Waals surface area contributed by atoms with Crippen LogP contribution >= 0.6 is 0 Å². The van der Waals surface area contributed by atoms with E-state index in [0.717, 1.165) is 6.42 Å². The van der Waals surface area contributed by atoms with Gasteiger partial charge in [-0.25, -0.2) is 6.42 Å². The number of hydrogen-bond donors (Lipinski definition) is 0. The summed E-state index contributed by atoms with van der Waals surface area (Å²) >= 11 is 0. The molecule has 0 bridgehead atoms. The number of rotatable bonds is 1. The minimum absolute atomic E-state index is 0. The Morgan fingerprint density at radius 3 is 1.60 bits per heavy atom. The molecule has 0 spiro atoms. The zero-order valence-electron chi connectivity index (χ0n) is 7.02. The van der Waals surface area contributed by atoms with Crippen LogP contribution in [0, 0.1) is 25.2 Å². The van der Waals surface area contributed by atoms with Crippen LogP contribution in [0.15, 0.2) is 0 Å². The molecule has 0 aliphatic heterocycles. The smallest absolute Gasteiger partial charge is 0.345 e. The maximum Gasteiger partial charge on any atom is 2.00 e. The minimum Gasteiger partial charge on any atom is -0.345 e. The molecule has 2 heteroatoms. The molecule has 0 aliphatic carbocycles. The van der Waals surface area contributed by atoms with Crippen LogP contribution in [-0.2, 0) is 42.1 Å². The minimum atomic E-state index is 0. The predicted molar refractivity (Wildman–Crippen MR) is 38.3 cm³/mol. The van der Waals surface area contributed by atoms with Crippen molar-refractivity contribution in [2.24, 2.45) is 11.3 Å². The Morgan fingerprint density at radius 2 is 1.60 bits per heavy atom.